The third-order valence-corrected chi connectivity index (χ3v) is 6.81. The van der Waals surface area contributed by atoms with Crippen molar-refractivity contribution in [2.24, 2.45) is 5.92 Å². The van der Waals surface area contributed by atoms with E-state index in [4.69, 9.17) is 9.47 Å². The van der Waals surface area contributed by atoms with Gasteiger partial charge in [-0.25, -0.2) is 14.3 Å². The van der Waals surface area contributed by atoms with E-state index in [2.05, 4.69) is 15.4 Å². The number of alkyl halides is 3. The standard InChI is InChI=1S/C28H29F3N6O4/c1-27(2,3)41-26(39)36-8-7-20(13-23(36)28(29,30)31)40-22-15-33-18(14-32)11-21(22)17-6-9-37-19(10-17)12-24(35-37)34-25(38)16-4-5-16/h6,9-12,15-16,20,23H,4-5,7-8,13H2,1-3H3,(H,34,35,38)/t20-,23-/m1/s1. The van der Waals surface area contributed by atoms with Gasteiger partial charge in [-0.2, -0.15) is 23.5 Å². The number of hydrogen-bond acceptors (Lipinski definition) is 7. The number of nitrogens with zero attached hydrogens (tertiary/aromatic N) is 5. The predicted molar refractivity (Wildman–Crippen MR) is 141 cm³/mol. The number of likely N-dealkylation sites (tertiary alicyclic amines) is 1. The van der Waals surface area contributed by atoms with Gasteiger partial charge in [0, 0.05) is 43.1 Å². The lowest BCUT2D eigenvalue weighted by molar-refractivity contribution is -0.194. The van der Waals surface area contributed by atoms with E-state index in [1.807, 2.05) is 6.07 Å². The molecule has 2 aliphatic rings. The van der Waals surface area contributed by atoms with Crippen molar-refractivity contribution in [2.75, 3.05) is 11.9 Å². The minimum absolute atomic E-state index is 0.0178. The molecule has 2 amide bonds. The number of carbonyl (C=O) groups excluding carboxylic acids is 2. The van der Waals surface area contributed by atoms with Crippen molar-refractivity contribution in [2.45, 2.75) is 70.4 Å². The zero-order chi connectivity index (χ0) is 29.5. The molecule has 0 radical (unpaired) electrons. The summed E-state index contributed by atoms with van der Waals surface area (Å²) in [6.45, 7) is 4.57. The molecule has 1 N–H and O–H groups in total. The van der Waals surface area contributed by atoms with E-state index in [1.54, 1.807) is 49.7 Å². The van der Waals surface area contributed by atoms with Crippen molar-refractivity contribution in [1.29, 1.82) is 5.26 Å². The normalized spacial score (nSPS) is 19.5. The molecule has 3 aromatic heterocycles. The molecule has 2 atom stereocenters. The van der Waals surface area contributed by atoms with E-state index in [0.717, 1.165) is 12.8 Å². The van der Waals surface area contributed by atoms with Gasteiger partial charge in [-0.3, -0.25) is 9.69 Å². The van der Waals surface area contributed by atoms with Gasteiger partial charge in [-0.05, 0) is 57.4 Å². The van der Waals surface area contributed by atoms with Crippen LogP contribution in [0.4, 0.5) is 23.8 Å². The van der Waals surface area contributed by atoms with Crippen molar-refractivity contribution in [3.63, 3.8) is 0 Å². The average Bonchev–Trinajstić information content (AvgIpc) is 3.67. The number of nitriles is 1. The third kappa shape index (κ3) is 6.53. The molecule has 0 bridgehead atoms. The number of pyridine rings is 2. The number of hydrogen-bond donors (Lipinski definition) is 1. The Morgan fingerprint density at radius 1 is 1.15 bits per heavy atom. The third-order valence-electron chi connectivity index (χ3n) is 6.81. The molecule has 5 rings (SSSR count). The second kappa shape index (κ2) is 10.6. The van der Waals surface area contributed by atoms with Crippen molar-refractivity contribution in [1.82, 2.24) is 19.5 Å². The fourth-order valence-corrected chi connectivity index (χ4v) is 4.69. The molecular weight excluding hydrogens is 541 g/mol. The van der Waals surface area contributed by atoms with Gasteiger partial charge in [0.05, 0.1) is 11.7 Å². The summed E-state index contributed by atoms with van der Waals surface area (Å²) in [6.07, 6.45) is -2.24. The second-order valence-corrected chi connectivity index (χ2v) is 11.3. The molecule has 41 heavy (non-hydrogen) atoms. The number of fused-ring (bicyclic) bond motifs is 1. The van der Waals surface area contributed by atoms with E-state index in [-0.39, 0.29) is 36.2 Å². The molecular formula is C28H29F3N6O4. The van der Waals surface area contributed by atoms with E-state index >= 15 is 0 Å². The summed E-state index contributed by atoms with van der Waals surface area (Å²) in [6, 6.07) is 6.59. The maximum Gasteiger partial charge on any atom is 0.410 e. The first-order chi connectivity index (χ1) is 19.3. The van der Waals surface area contributed by atoms with Crippen LogP contribution in [-0.4, -0.2) is 62.0 Å². The SMILES string of the molecule is CC(C)(C)OC(=O)N1CC[C@@H](Oc2cnc(C#N)cc2-c2ccn3nc(NC(=O)C4CC4)cc3c2)C[C@@H]1C(F)(F)F. The van der Waals surface area contributed by atoms with Gasteiger partial charge >= 0.3 is 12.3 Å². The van der Waals surface area contributed by atoms with Crippen molar-refractivity contribution >= 4 is 23.3 Å². The maximum absolute atomic E-state index is 14.0. The number of piperidine rings is 1. The summed E-state index contributed by atoms with van der Waals surface area (Å²) in [5.41, 5.74) is 0.889. The van der Waals surface area contributed by atoms with Crippen LogP contribution in [0.5, 0.6) is 5.75 Å². The molecule has 4 heterocycles. The Hall–Kier alpha value is -4.34. The van der Waals surface area contributed by atoms with E-state index in [9.17, 15) is 28.0 Å². The molecule has 2 fully saturated rings. The number of halogens is 3. The fourth-order valence-electron chi connectivity index (χ4n) is 4.69. The van der Waals surface area contributed by atoms with E-state index in [1.165, 1.54) is 12.3 Å². The van der Waals surface area contributed by atoms with Gasteiger partial charge in [0.15, 0.2) is 5.82 Å². The predicted octanol–water partition coefficient (Wildman–Crippen LogP) is 5.33. The molecule has 10 nitrogen and oxygen atoms in total. The van der Waals surface area contributed by atoms with Crippen LogP contribution >= 0.6 is 0 Å². The molecule has 1 saturated carbocycles. The van der Waals surface area contributed by atoms with Crippen molar-refractivity contribution < 1.29 is 32.2 Å². The number of aromatic nitrogens is 3. The molecule has 13 heteroatoms. The first-order valence-corrected chi connectivity index (χ1v) is 13.2. The van der Waals surface area contributed by atoms with E-state index < -0.39 is 36.4 Å². The van der Waals surface area contributed by atoms with Crippen LogP contribution in [-0.2, 0) is 9.53 Å². The van der Waals surface area contributed by atoms with Gasteiger partial charge in [0.25, 0.3) is 0 Å². The number of anilines is 1. The first-order valence-electron chi connectivity index (χ1n) is 13.2. The lowest BCUT2D eigenvalue weighted by atomic mass is 9.98. The van der Waals surface area contributed by atoms with Crippen LogP contribution in [0.3, 0.4) is 0 Å². The smallest absolute Gasteiger partial charge is 0.410 e. The second-order valence-electron chi connectivity index (χ2n) is 11.3. The Labute approximate surface area is 234 Å². The zero-order valence-corrected chi connectivity index (χ0v) is 22.7. The van der Waals surface area contributed by atoms with Crippen LogP contribution < -0.4 is 10.1 Å². The summed E-state index contributed by atoms with van der Waals surface area (Å²) in [5, 5.41) is 16.6. The van der Waals surface area contributed by atoms with Gasteiger partial charge in [-0.15, -0.1) is 0 Å². The van der Waals surface area contributed by atoms with Gasteiger partial charge in [0.1, 0.15) is 35.3 Å². The summed E-state index contributed by atoms with van der Waals surface area (Å²) >= 11 is 0. The molecule has 0 aromatic carbocycles. The Kier molecular flexibility index (Phi) is 7.27. The molecule has 0 unspecified atom stereocenters. The zero-order valence-electron chi connectivity index (χ0n) is 22.7. The van der Waals surface area contributed by atoms with Gasteiger partial charge in [-0.1, -0.05) is 0 Å². The van der Waals surface area contributed by atoms with Crippen LogP contribution in [0.2, 0.25) is 0 Å². The molecule has 0 spiro atoms. The Morgan fingerprint density at radius 3 is 2.56 bits per heavy atom. The van der Waals surface area contributed by atoms with Gasteiger partial charge in [0.2, 0.25) is 5.91 Å². The Morgan fingerprint density at radius 2 is 1.90 bits per heavy atom. The number of amides is 2. The van der Waals surface area contributed by atoms with Crippen molar-refractivity contribution in [3.05, 3.63) is 42.4 Å². The van der Waals surface area contributed by atoms with Gasteiger partial charge < -0.3 is 14.8 Å². The maximum atomic E-state index is 14.0. The Bertz CT molecular complexity index is 1520. The highest BCUT2D eigenvalue weighted by Gasteiger charge is 2.50. The highest BCUT2D eigenvalue weighted by molar-refractivity contribution is 5.93. The number of rotatable bonds is 5. The molecule has 3 aromatic rings. The lowest BCUT2D eigenvalue weighted by Gasteiger charge is -2.40. The summed E-state index contributed by atoms with van der Waals surface area (Å²) in [7, 11) is 0. The minimum Gasteiger partial charge on any atom is -0.488 e. The molecule has 1 aliphatic carbocycles. The quantitative estimate of drug-likeness (QED) is 0.440. The topological polar surface area (TPSA) is 122 Å². The highest BCUT2D eigenvalue weighted by atomic mass is 19.4. The summed E-state index contributed by atoms with van der Waals surface area (Å²) < 4.78 is 54.9. The largest absolute Gasteiger partial charge is 0.488 e. The molecule has 216 valence electrons. The van der Waals surface area contributed by atoms with Crippen LogP contribution in [0, 0.1) is 17.2 Å². The van der Waals surface area contributed by atoms with Crippen LogP contribution in [0.1, 0.15) is 52.1 Å². The summed E-state index contributed by atoms with van der Waals surface area (Å²) in [4.78, 5) is 29.4. The highest BCUT2D eigenvalue weighted by Crippen LogP contribution is 2.37. The number of ether oxygens (including phenoxy) is 2. The van der Waals surface area contributed by atoms with Crippen LogP contribution in [0.15, 0.2) is 36.7 Å². The first kappa shape index (κ1) is 28.2. The summed E-state index contributed by atoms with van der Waals surface area (Å²) in [5.74, 6) is 0.543. The van der Waals surface area contributed by atoms with Crippen LogP contribution in [0.25, 0.3) is 16.6 Å². The average molecular weight is 571 g/mol. The van der Waals surface area contributed by atoms with Crippen molar-refractivity contribution in [3.8, 4) is 22.9 Å². The Balaban J connectivity index is 1.39. The monoisotopic (exact) mass is 570 g/mol. The number of carbonyl (C=O) groups is 2. The fraction of sp³-hybridized carbons (Fsp3) is 0.464. The molecule has 1 saturated heterocycles. The number of nitrogens with one attached hydrogen (secondary N) is 1. The van der Waals surface area contributed by atoms with E-state index in [0.29, 0.717) is 27.4 Å². The molecule has 1 aliphatic heterocycles. The lowest BCUT2D eigenvalue weighted by Crippen LogP contribution is -2.56. The minimum atomic E-state index is -4.69.